The van der Waals surface area contributed by atoms with Gasteiger partial charge in [0.1, 0.15) is 11.4 Å². The highest BCUT2D eigenvalue weighted by Crippen LogP contribution is 2.43. The Balaban J connectivity index is 1.63. The van der Waals surface area contributed by atoms with E-state index in [1.165, 1.54) is 21.3 Å². The van der Waals surface area contributed by atoms with E-state index in [0.717, 1.165) is 16.3 Å². The quantitative estimate of drug-likeness (QED) is 0.375. The fraction of sp³-hybridized carbons (Fsp3) is 0.217. The number of nitrogens with one attached hydrogen (secondary N) is 3. The number of esters is 1. The van der Waals surface area contributed by atoms with Gasteiger partial charge in [-0.25, -0.2) is 4.79 Å². The predicted octanol–water partition coefficient (Wildman–Crippen LogP) is 4.10. The molecule has 9 heteroatoms. The standard InChI is InChI=1S/C23H23N3O6/c1-5-32-23(28)17-9-12-8-14(6-7-15(12)25-17)24-22(27)16-10-13-11-18(29-2)20(30-3)21(31-4)19(13)26-16/h6-11,25-26H,5H2,1-4H3,(H,24,27). The molecular weight excluding hydrogens is 414 g/mol. The Hall–Kier alpha value is -4.14. The molecule has 4 rings (SSSR count). The SMILES string of the molecule is CCOC(=O)c1cc2cc(NC(=O)c3cc4cc(OC)c(OC)c(OC)c4[nH]3)ccc2[nH]1. The monoisotopic (exact) mass is 437 g/mol. The lowest BCUT2D eigenvalue weighted by molar-refractivity contribution is 0.0520. The van der Waals surface area contributed by atoms with Crippen LogP contribution in [0.4, 0.5) is 5.69 Å². The van der Waals surface area contributed by atoms with Crippen LogP contribution in [0, 0.1) is 0 Å². The van der Waals surface area contributed by atoms with Crippen LogP contribution >= 0.6 is 0 Å². The number of aromatic amines is 2. The summed E-state index contributed by atoms with van der Waals surface area (Å²) in [4.78, 5) is 30.9. The van der Waals surface area contributed by atoms with Crippen molar-refractivity contribution in [1.29, 1.82) is 0 Å². The van der Waals surface area contributed by atoms with Crippen LogP contribution in [0.3, 0.4) is 0 Å². The van der Waals surface area contributed by atoms with Crippen LogP contribution in [0.2, 0.25) is 0 Å². The lowest BCUT2D eigenvalue weighted by atomic mass is 10.2. The number of fused-ring (bicyclic) bond motifs is 2. The topological polar surface area (TPSA) is 115 Å². The van der Waals surface area contributed by atoms with Gasteiger partial charge in [0.15, 0.2) is 11.5 Å². The number of carbonyl (C=O) groups is 2. The number of hydrogen-bond donors (Lipinski definition) is 3. The molecule has 2 aromatic carbocycles. The van der Waals surface area contributed by atoms with Gasteiger partial charge in [-0.3, -0.25) is 4.79 Å². The van der Waals surface area contributed by atoms with Gasteiger partial charge in [0, 0.05) is 22.0 Å². The van der Waals surface area contributed by atoms with E-state index in [4.69, 9.17) is 18.9 Å². The van der Waals surface area contributed by atoms with E-state index in [0.29, 0.717) is 46.4 Å². The highest BCUT2D eigenvalue weighted by molar-refractivity contribution is 6.08. The van der Waals surface area contributed by atoms with Gasteiger partial charge in [-0.15, -0.1) is 0 Å². The second-order valence-corrected chi connectivity index (χ2v) is 6.95. The highest BCUT2D eigenvalue weighted by atomic mass is 16.5. The van der Waals surface area contributed by atoms with E-state index in [2.05, 4.69) is 15.3 Å². The smallest absolute Gasteiger partial charge is 0.354 e. The average molecular weight is 437 g/mol. The van der Waals surface area contributed by atoms with Crippen molar-refractivity contribution in [2.75, 3.05) is 33.3 Å². The Labute approximate surface area is 183 Å². The zero-order chi connectivity index (χ0) is 22.8. The number of aromatic nitrogens is 2. The maximum atomic E-state index is 12.9. The molecule has 2 heterocycles. The number of amides is 1. The maximum Gasteiger partial charge on any atom is 0.354 e. The van der Waals surface area contributed by atoms with Gasteiger partial charge in [-0.05, 0) is 43.3 Å². The van der Waals surface area contributed by atoms with Crippen molar-refractivity contribution in [3.05, 3.63) is 47.8 Å². The third-order valence-electron chi connectivity index (χ3n) is 5.04. The molecule has 0 bridgehead atoms. The molecule has 0 atom stereocenters. The molecule has 0 fully saturated rings. The molecule has 9 nitrogen and oxygen atoms in total. The van der Waals surface area contributed by atoms with Crippen molar-refractivity contribution < 1.29 is 28.5 Å². The molecule has 0 unspecified atom stereocenters. The first-order chi connectivity index (χ1) is 15.5. The number of benzene rings is 2. The Kier molecular flexibility index (Phi) is 5.63. The second kappa shape index (κ2) is 8.54. The number of H-pyrrole nitrogens is 2. The van der Waals surface area contributed by atoms with Crippen molar-refractivity contribution in [2.24, 2.45) is 0 Å². The molecular formula is C23H23N3O6. The predicted molar refractivity (Wildman–Crippen MR) is 120 cm³/mol. The molecule has 0 radical (unpaired) electrons. The molecule has 0 aliphatic rings. The molecule has 0 aliphatic carbocycles. The molecule has 0 saturated carbocycles. The zero-order valence-electron chi connectivity index (χ0n) is 18.1. The Bertz CT molecular complexity index is 1320. The number of rotatable bonds is 7. The summed E-state index contributed by atoms with van der Waals surface area (Å²) in [5, 5.41) is 4.38. The molecule has 0 spiro atoms. The van der Waals surface area contributed by atoms with E-state index < -0.39 is 5.97 Å². The Morgan fingerprint density at radius 1 is 0.875 bits per heavy atom. The van der Waals surface area contributed by atoms with E-state index in [1.807, 2.05) is 0 Å². The van der Waals surface area contributed by atoms with Crippen LogP contribution < -0.4 is 19.5 Å². The summed E-state index contributed by atoms with van der Waals surface area (Å²) in [5.41, 5.74) is 2.67. The molecule has 0 saturated heterocycles. The molecule has 32 heavy (non-hydrogen) atoms. The lowest BCUT2D eigenvalue weighted by Gasteiger charge is -2.12. The molecule has 4 aromatic rings. The van der Waals surface area contributed by atoms with Crippen LogP contribution in [0.5, 0.6) is 17.2 Å². The molecule has 0 aliphatic heterocycles. The van der Waals surface area contributed by atoms with E-state index in [9.17, 15) is 9.59 Å². The number of methoxy groups -OCH3 is 3. The summed E-state index contributed by atoms with van der Waals surface area (Å²) in [6.45, 7) is 2.04. The summed E-state index contributed by atoms with van der Waals surface area (Å²) in [7, 11) is 4.58. The minimum absolute atomic E-state index is 0.294. The van der Waals surface area contributed by atoms with Crippen molar-refractivity contribution in [2.45, 2.75) is 6.92 Å². The normalized spacial score (nSPS) is 10.9. The van der Waals surface area contributed by atoms with Crippen molar-refractivity contribution in [1.82, 2.24) is 9.97 Å². The van der Waals surface area contributed by atoms with E-state index in [1.54, 1.807) is 43.3 Å². The first-order valence-electron chi connectivity index (χ1n) is 9.92. The van der Waals surface area contributed by atoms with Gasteiger partial charge in [0.05, 0.1) is 33.5 Å². The van der Waals surface area contributed by atoms with E-state index >= 15 is 0 Å². The first kappa shape index (κ1) is 21.1. The number of ether oxygens (including phenoxy) is 4. The molecule has 166 valence electrons. The van der Waals surface area contributed by atoms with Crippen LogP contribution in [0.1, 0.15) is 27.9 Å². The van der Waals surface area contributed by atoms with Gasteiger partial charge in [0.25, 0.3) is 5.91 Å². The van der Waals surface area contributed by atoms with E-state index in [-0.39, 0.29) is 5.91 Å². The minimum Gasteiger partial charge on any atom is -0.493 e. The fourth-order valence-corrected chi connectivity index (χ4v) is 3.59. The maximum absolute atomic E-state index is 12.9. The average Bonchev–Trinajstić information content (AvgIpc) is 3.41. The zero-order valence-corrected chi connectivity index (χ0v) is 18.1. The number of hydrogen-bond acceptors (Lipinski definition) is 6. The summed E-state index contributed by atoms with van der Waals surface area (Å²) in [6.07, 6.45) is 0. The fourth-order valence-electron chi connectivity index (χ4n) is 3.59. The van der Waals surface area contributed by atoms with Gasteiger partial charge < -0.3 is 34.2 Å². The first-order valence-corrected chi connectivity index (χ1v) is 9.92. The van der Waals surface area contributed by atoms with Gasteiger partial charge in [0.2, 0.25) is 5.75 Å². The summed E-state index contributed by atoms with van der Waals surface area (Å²) in [5.74, 6) is 0.625. The molecule has 3 N–H and O–H groups in total. The van der Waals surface area contributed by atoms with Crippen LogP contribution in [0.15, 0.2) is 36.4 Å². The van der Waals surface area contributed by atoms with Gasteiger partial charge >= 0.3 is 5.97 Å². The third-order valence-corrected chi connectivity index (χ3v) is 5.04. The molecule has 2 aromatic heterocycles. The summed E-state index contributed by atoms with van der Waals surface area (Å²) >= 11 is 0. The van der Waals surface area contributed by atoms with Crippen molar-refractivity contribution >= 4 is 39.4 Å². The third kappa shape index (κ3) is 3.68. The van der Waals surface area contributed by atoms with Crippen LogP contribution in [0.25, 0.3) is 21.8 Å². The summed E-state index contributed by atoms with van der Waals surface area (Å²) in [6, 6.07) is 10.5. The van der Waals surface area contributed by atoms with Crippen LogP contribution in [-0.2, 0) is 4.74 Å². The Morgan fingerprint density at radius 3 is 2.31 bits per heavy atom. The van der Waals surface area contributed by atoms with Crippen LogP contribution in [-0.4, -0.2) is 49.8 Å². The number of carbonyl (C=O) groups excluding carboxylic acids is 2. The van der Waals surface area contributed by atoms with Crippen molar-refractivity contribution in [3.63, 3.8) is 0 Å². The Morgan fingerprint density at radius 2 is 1.62 bits per heavy atom. The second-order valence-electron chi connectivity index (χ2n) is 6.95. The number of anilines is 1. The highest BCUT2D eigenvalue weighted by Gasteiger charge is 2.20. The minimum atomic E-state index is -0.424. The van der Waals surface area contributed by atoms with Gasteiger partial charge in [-0.1, -0.05) is 0 Å². The lowest BCUT2D eigenvalue weighted by Crippen LogP contribution is -2.12. The largest absolute Gasteiger partial charge is 0.493 e. The molecule has 1 amide bonds. The van der Waals surface area contributed by atoms with Crippen molar-refractivity contribution in [3.8, 4) is 17.2 Å². The van der Waals surface area contributed by atoms with Gasteiger partial charge in [-0.2, -0.15) is 0 Å². The summed E-state index contributed by atoms with van der Waals surface area (Å²) < 4.78 is 21.3.